The van der Waals surface area contributed by atoms with Gasteiger partial charge >= 0.3 is 12.1 Å². The van der Waals surface area contributed by atoms with Crippen LogP contribution >= 0.6 is 0 Å². The van der Waals surface area contributed by atoms with Crippen LogP contribution in [0.1, 0.15) is 36.8 Å². The SMILES string of the molecule is Cc1nc(NC(=O)OC(C)(C)C)[nH]c(=O)c1C(=O)O. The number of nitrogens with zero attached hydrogens (tertiary/aromatic N) is 1. The van der Waals surface area contributed by atoms with Crippen molar-refractivity contribution >= 4 is 18.0 Å². The Morgan fingerprint density at radius 1 is 1.37 bits per heavy atom. The van der Waals surface area contributed by atoms with E-state index in [9.17, 15) is 14.4 Å². The van der Waals surface area contributed by atoms with Gasteiger partial charge in [0.25, 0.3) is 5.56 Å². The highest BCUT2D eigenvalue weighted by Gasteiger charge is 2.19. The summed E-state index contributed by atoms with van der Waals surface area (Å²) in [4.78, 5) is 39.7. The molecule has 0 aliphatic rings. The van der Waals surface area contributed by atoms with E-state index >= 15 is 0 Å². The third kappa shape index (κ3) is 4.09. The van der Waals surface area contributed by atoms with Crippen LogP contribution in [-0.2, 0) is 4.74 Å². The Morgan fingerprint density at radius 3 is 2.37 bits per heavy atom. The smallest absolute Gasteiger partial charge is 0.414 e. The maximum Gasteiger partial charge on any atom is 0.414 e. The third-order valence-corrected chi connectivity index (χ3v) is 1.93. The number of carboxylic acid groups (broad SMARTS) is 1. The Morgan fingerprint density at radius 2 is 1.95 bits per heavy atom. The molecule has 1 heterocycles. The number of nitrogens with one attached hydrogen (secondary N) is 2. The van der Waals surface area contributed by atoms with E-state index in [1.54, 1.807) is 20.8 Å². The molecule has 3 N–H and O–H groups in total. The molecular formula is C11H15N3O5. The Hall–Kier alpha value is -2.38. The standard InChI is InChI=1S/C11H15N3O5/c1-5-6(8(16)17)7(15)13-9(12-5)14-10(18)19-11(2,3)4/h1-4H3,(H,16,17)(H2,12,13,14,15,18). The van der Waals surface area contributed by atoms with E-state index in [4.69, 9.17) is 9.84 Å². The number of hydrogen-bond donors (Lipinski definition) is 3. The van der Waals surface area contributed by atoms with Gasteiger partial charge in [-0.2, -0.15) is 0 Å². The highest BCUT2D eigenvalue weighted by molar-refractivity contribution is 5.89. The Bertz CT molecular complexity index is 571. The van der Waals surface area contributed by atoms with Crippen molar-refractivity contribution in [3.05, 3.63) is 21.6 Å². The first-order valence-electron chi connectivity index (χ1n) is 5.44. The minimum atomic E-state index is -1.38. The molecule has 0 aliphatic carbocycles. The number of carbonyl (C=O) groups is 2. The Balaban J connectivity index is 2.97. The summed E-state index contributed by atoms with van der Waals surface area (Å²) in [6, 6.07) is 0. The average Bonchev–Trinajstić information content (AvgIpc) is 2.10. The number of aromatic amines is 1. The van der Waals surface area contributed by atoms with Gasteiger partial charge in [0.15, 0.2) is 0 Å². The van der Waals surface area contributed by atoms with E-state index in [-0.39, 0.29) is 11.6 Å². The van der Waals surface area contributed by atoms with Crippen molar-refractivity contribution in [3.63, 3.8) is 0 Å². The number of rotatable bonds is 2. The summed E-state index contributed by atoms with van der Waals surface area (Å²) in [5.74, 6) is -1.54. The van der Waals surface area contributed by atoms with Crippen LogP contribution in [-0.4, -0.2) is 32.7 Å². The van der Waals surface area contributed by atoms with E-state index in [2.05, 4.69) is 15.3 Å². The number of carbonyl (C=O) groups excluding carboxylic acids is 1. The van der Waals surface area contributed by atoms with Crippen molar-refractivity contribution in [3.8, 4) is 0 Å². The van der Waals surface area contributed by atoms with Gasteiger partial charge < -0.3 is 9.84 Å². The van der Waals surface area contributed by atoms with Gasteiger partial charge in [-0.1, -0.05) is 0 Å². The molecule has 8 heteroatoms. The Labute approximate surface area is 108 Å². The molecule has 0 aliphatic heterocycles. The van der Waals surface area contributed by atoms with Crippen LogP contribution < -0.4 is 10.9 Å². The molecule has 0 fully saturated rings. The maximum absolute atomic E-state index is 11.5. The predicted molar refractivity (Wildman–Crippen MR) is 66.4 cm³/mol. The second-order valence-electron chi connectivity index (χ2n) is 4.81. The number of carboxylic acids is 1. The van der Waals surface area contributed by atoms with Gasteiger partial charge in [0, 0.05) is 0 Å². The molecule has 0 atom stereocenters. The number of anilines is 1. The molecule has 0 aromatic carbocycles. The van der Waals surface area contributed by atoms with Crippen molar-refractivity contribution in [1.29, 1.82) is 0 Å². The van der Waals surface area contributed by atoms with Gasteiger partial charge in [0.2, 0.25) is 5.95 Å². The number of aromatic nitrogens is 2. The van der Waals surface area contributed by atoms with Gasteiger partial charge in [0.05, 0.1) is 5.69 Å². The molecule has 1 aromatic heterocycles. The van der Waals surface area contributed by atoms with Crippen molar-refractivity contribution in [1.82, 2.24) is 9.97 Å². The number of aryl methyl sites for hydroxylation is 1. The van der Waals surface area contributed by atoms with Gasteiger partial charge in [0.1, 0.15) is 11.2 Å². The largest absolute Gasteiger partial charge is 0.477 e. The number of H-pyrrole nitrogens is 1. The minimum Gasteiger partial charge on any atom is -0.477 e. The lowest BCUT2D eigenvalue weighted by Crippen LogP contribution is -2.29. The van der Waals surface area contributed by atoms with Crippen LogP contribution in [0.3, 0.4) is 0 Å². The zero-order valence-electron chi connectivity index (χ0n) is 11.0. The van der Waals surface area contributed by atoms with Gasteiger partial charge in [-0.25, -0.2) is 14.6 Å². The van der Waals surface area contributed by atoms with Crippen molar-refractivity contribution < 1.29 is 19.4 Å². The molecule has 19 heavy (non-hydrogen) atoms. The van der Waals surface area contributed by atoms with Crippen LogP contribution in [0.15, 0.2) is 4.79 Å². The van der Waals surface area contributed by atoms with Crippen LogP contribution in [0.5, 0.6) is 0 Å². The Kier molecular flexibility index (Phi) is 3.93. The molecule has 0 unspecified atom stereocenters. The second kappa shape index (κ2) is 5.09. The average molecular weight is 269 g/mol. The lowest BCUT2D eigenvalue weighted by atomic mass is 10.2. The fourth-order valence-electron chi connectivity index (χ4n) is 1.30. The molecule has 0 radical (unpaired) electrons. The van der Waals surface area contributed by atoms with Crippen molar-refractivity contribution in [2.24, 2.45) is 0 Å². The quantitative estimate of drug-likeness (QED) is 0.739. The molecule has 1 amide bonds. The summed E-state index contributed by atoms with van der Waals surface area (Å²) in [6.45, 7) is 6.41. The summed E-state index contributed by atoms with van der Waals surface area (Å²) < 4.78 is 4.97. The molecule has 0 saturated carbocycles. The monoisotopic (exact) mass is 269 g/mol. The van der Waals surface area contributed by atoms with E-state index in [0.29, 0.717) is 0 Å². The summed E-state index contributed by atoms with van der Waals surface area (Å²) in [5.41, 5.74) is -2.00. The maximum atomic E-state index is 11.5. The molecule has 1 aromatic rings. The topological polar surface area (TPSA) is 121 Å². The third-order valence-electron chi connectivity index (χ3n) is 1.93. The molecule has 0 saturated heterocycles. The van der Waals surface area contributed by atoms with E-state index in [0.717, 1.165) is 0 Å². The van der Waals surface area contributed by atoms with Crippen molar-refractivity contribution in [2.75, 3.05) is 5.32 Å². The number of hydrogen-bond acceptors (Lipinski definition) is 5. The first-order valence-corrected chi connectivity index (χ1v) is 5.44. The normalized spacial score (nSPS) is 10.9. The number of ether oxygens (including phenoxy) is 1. The second-order valence-corrected chi connectivity index (χ2v) is 4.81. The molecule has 1 rings (SSSR count). The van der Waals surface area contributed by atoms with E-state index in [1.165, 1.54) is 6.92 Å². The highest BCUT2D eigenvalue weighted by Crippen LogP contribution is 2.09. The zero-order valence-corrected chi connectivity index (χ0v) is 11.0. The van der Waals surface area contributed by atoms with E-state index < -0.39 is 28.8 Å². The van der Waals surface area contributed by atoms with Gasteiger partial charge in [-0.3, -0.25) is 15.1 Å². The summed E-state index contributed by atoms with van der Waals surface area (Å²) in [5, 5.41) is 11.0. The van der Waals surface area contributed by atoms with Crippen LogP contribution in [0.4, 0.5) is 10.7 Å². The number of aromatic carboxylic acids is 1. The molecule has 104 valence electrons. The molecule has 8 nitrogen and oxygen atoms in total. The summed E-state index contributed by atoms with van der Waals surface area (Å²) >= 11 is 0. The molecular weight excluding hydrogens is 254 g/mol. The molecule has 0 spiro atoms. The first-order chi connectivity index (χ1) is 8.60. The number of amides is 1. The zero-order chi connectivity index (χ0) is 14.8. The van der Waals surface area contributed by atoms with Crippen LogP contribution in [0, 0.1) is 6.92 Å². The predicted octanol–water partition coefficient (Wildman–Crippen LogP) is 1.12. The fraction of sp³-hybridized carbons (Fsp3) is 0.455. The lowest BCUT2D eigenvalue weighted by molar-refractivity contribution is 0.0633. The lowest BCUT2D eigenvalue weighted by Gasteiger charge is -2.19. The van der Waals surface area contributed by atoms with Crippen LogP contribution in [0.2, 0.25) is 0 Å². The highest BCUT2D eigenvalue weighted by atomic mass is 16.6. The molecule has 0 bridgehead atoms. The van der Waals surface area contributed by atoms with Crippen molar-refractivity contribution in [2.45, 2.75) is 33.3 Å². The van der Waals surface area contributed by atoms with E-state index in [1.807, 2.05) is 0 Å². The fourth-order valence-corrected chi connectivity index (χ4v) is 1.30. The van der Waals surface area contributed by atoms with Gasteiger partial charge in [-0.15, -0.1) is 0 Å². The van der Waals surface area contributed by atoms with Gasteiger partial charge in [-0.05, 0) is 27.7 Å². The minimum absolute atomic E-state index is 0.00214. The summed E-state index contributed by atoms with van der Waals surface area (Å²) in [6.07, 6.45) is -0.793. The first kappa shape index (κ1) is 14.7. The van der Waals surface area contributed by atoms with Crippen LogP contribution in [0.25, 0.3) is 0 Å². The summed E-state index contributed by atoms with van der Waals surface area (Å²) in [7, 11) is 0.